The zero-order chi connectivity index (χ0) is 26.9. The third kappa shape index (κ3) is 4.74. The fraction of sp³-hybridized carbons (Fsp3) is 0.577. The molecular formula is C26H28ClF5N4OS. The highest BCUT2D eigenvalue weighted by Crippen LogP contribution is 2.52. The Morgan fingerprint density at radius 3 is 2.58 bits per heavy atom. The number of alkyl halides is 4. The first kappa shape index (κ1) is 26.4. The number of thiophene rings is 1. The van der Waals surface area contributed by atoms with E-state index in [-0.39, 0.29) is 31.1 Å². The summed E-state index contributed by atoms with van der Waals surface area (Å²) in [5.74, 6) is -6.10. The summed E-state index contributed by atoms with van der Waals surface area (Å²) < 4.78 is 76.6. The molecule has 5 heterocycles. The first-order valence-electron chi connectivity index (χ1n) is 12.7. The van der Waals surface area contributed by atoms with Gasteiger partial charge < -0.3 is 9.64 Å². The monoisotopic (exact) mass is 574 g/mol. The van der Waals surface area contributed by atoms with Crippen LogP contribution in [0.5, 0.6) is 0 Å². The fourth-order valence-electron chi connectivity index (χ4n) is 6.05. The van der Waals surface area contributed by atoms with Gasteiger partial charge in [-0.1, -0.05) is 23.7 Å². The first-order chi connectivity index (χ1) is 17.9. The second-order valence-electron chi connectivity index (χ2n) is 10.9. The number of hydrazone groups is 1. The predicted octanol–water partition coefficient (Wildman–Crippen LogP) is 5.92. The molecular weight excluding hydrogens is 547 g/mol. The number of hydrogen-bond donors (Lipinski definition) is 0. The molecule has 0 N–H and O–H groups in total. The van der Waals surface area contributed by atoms with Gasteiger partial charge in [0.25, 0.3) is 11.8 Å². The number of nitrogens with zero attached hydrogens (tertiary/aromatic N) is 4. The van der Waals surface area contributed by atoms with Crippen LogP contribution in [0.25, 0.3) is 0 Å². The van der Waals surface area contributed by atoms with Crippen molar-refractivity contribution in [1.29, 1.82) is 0 Å². The minimum Gasteiger partial charge on any atom is -0.363 e. The van der Waals surface area contributed by atoms with Crippen LogP contribution in [-0.2, 0) is 22.8 Å². The quantitative estimate of drug-likeness (QED) is 0.415. The van der Waals surface area contributed by atoms with Gasteiger partial charge in [-0.15, -0.1) is 11.3 Å². The van der Waals surface area contributed by atoms with Gasteiger partial charge >= 0.3 is 0 Å². The maximum absolute atomic E-state index is 15.0. The second kappa shape index (κ2) is 9.40. The van der Waals surface area contributed by atoms with Crippen LogP contribution in [0.4, 0.5) is 27.6 Å². The Bertz CT molecular complexity index is 1250. The zero-order valence-corrected chi connectivity index (χ0v) is 22.4. The van der Waals surface area contributed by atoms with E-state index in [2.05, 4.69) is 10.0 Å². The molecule has 206 valence electrons. The normalized spacial score (nSPS) is 26.3. The maximum Gasteiger partial charge on any atom is 0.297 e. The van der Waals surface area contributed by atoms with Gasteiger partial charge in [-0.05, 0) is 37.5 Å². The number of rotatable bonds is 5. The van der Waals surface area contributed by atoms with Crippen LogP contribution in [0.15, 0.2) is 29.4 Å². The van der Waals surface area contributed by atoms with Crippen molar-refractivity contribution in [2.75, 3.05) is 50.9 Å². The molecule has 4 aliphatic rings. The minimum absolute atomic E-state index is 0.00995. The number of likely N-dealkylation sites (tertiary alicyclic amines) is 2. The summed E-state index contributed by atoms with van der Waals surface area (Å²) in [4.78, 5) is 4.41. The molecule has 2 saturated heterocycles. The number of benzene rings is 1. The molecule has 4 aliphatic heterocycles. The van der Waals surface area contributed by atoms with Crippen LogP contribution in [0.3, 0.4) is 0 Å². The molecule has 1 aromatic heterocycles. The lowest BCUT2D eigenvalue weighted by atomic mass is 9.84. The van der Waals surface area contributed by atoms with E-state index in [4.69, 9.17) is 16.3 Å². The molecule has 1 aromatic carbocycles. The van der Waals surface area contributed by atoms with Crippen molar-refractivity contribution in [3.63, 3.8) is 0 Å². The van der Waals surface area contributed by atoms with Crippen LogP contribution in [0.2, 0.25) is 4.34 Å². The number of anilines is 1. The van der Waals surface area contributed by atoms with Crippen molar-refractivity contribution in [3.8, 4) is 0 Å². The minimum atomic E-state index is -3.04. The lowest BCUT2D eigenvalue weighted by Gasteiger charge is -2.45. The summed E-state index contributed by atoms with van der Waals surface area (Å²) >= 11 is 7.29. The van der Waals surface area contributed by atoms with Gasteiger partial charge in [0, 0.05) is 48.2 Å². The van der Waals surface area contributed by atoms with E-state index >= 15 is 0 Å². The van der Waals surface area contributed by atoms with E-state index < -0.39 is 29.9 Å². The Morgan fingerprint density at radius 1 is 1.13 bits per heavy atom. The standard InChI is InChI=1S/C26H28ClF5N4OS/c1-16-18(12-36(33-16)22-17(3-2-4-20(22)28)10-35-13-25(29,30)14-35)11-34-7-5-24(6-8-34)23-19(9-21(27)38-23)26(31,32)15-37-24/h2-4,9,18H,5-8,10-15H2,1H3. The molecule has 1 spiro atoms. The number of halogens is 6. The largest absolute Gasteiger partial charge is 0.363 e. The number of para-hydroxylation sites is 1. The molecule has 0 radical (unpaired) electrons. The molecule has 2 aromatic rings. The van der Waals surface area contributed by atoms with Gasteiger partial charge in [0.15, 0.2) is 0 Å². The molecule has 6 rings (SSSR count). The Kier molecular flexibility index (Phi) is 6.54. The third-order valence-corrected chi connectivity index (χ3v) is 9.53. The van der Waals surface area contributed by atoms with Crippen LogP contribution < -0.4 is 5.01 Å². The number of piperidine rings is 1. The van der Waals surface area contributed by atoms with Crippen molar-refractivity contribution in [2.45, 2.75) is 43.8 Å². The van der Waals surface area contributed by atoms with Crippen molar-refractivity contribution in [2.24, 2.45) is 11.0 Å². The predicted molar refractivity (Wildman–Crippen MR) is 137 cm³/mol. The highest BCUT2D eigenvalue weighted by Gasteiger charge is 2.52. The van der Waals surface area contributed by atoms with Gasteiger partial charge in [-0.2, -0.15) is 13.9 Å². The molecule has 5 nitrogen and oxygen atoms in total. The molecule has 2 fully saturated rings. The molecule has 1 atom stereocenters. The molecule has 38 heavy (non-hydrogen) atoms. The van der Waals surface area contributed by atoms with Gasteiger partial charge in [0.2, 0.25) is 0 Å². The molecule has 0 aliphatic carbocycles. The van der Waals surface area contributed by atoms with Crippen LogP contribution in [0.1, 0.15) is 35.8 Å². The van der Waals surface area contributed by atoms with Gasteiger partial charge in [0.05, 0.1) is 29.7 Å². The molecule has 0 amide bonds. The smallest absolute Gasteiger partial charge is 0.297 e. The summed E-state index contributed by atoms with van der Waals surface area (Å²) in [5.41, 5.74) is 1.08. The van der Waals surface area contributed by atoms with Crippen LogP contribution >= 0.6 is 22.9 Å². The van der Waals surface area contributed by atoms with Gasteiger partial charge in [-0.25, -0.2) is 13.2 Å². The molecule has 12 heteroatoms. The Hall–Kier alpha value is -1.79. The van der Waals surface area contributed by atoms with Crippen LogP contribution in [-0.4, -0.2) is 67.3 Å². The summed E-state index contributed by atoms with van der Waals surface area (Å²) in [6.07, 6.45) is 1.16. The van der Waals surface area contributed by atoms with E-state index in [9.17, 15) is 22.0 Å². The van der Waals surface area contributed by atoms with E-state index in [0.29, 0.717) is 59.5 Å². The SMILES string of the molecule is CC1=NN(c2c(F)cccc2CN2CC(F)(F)C2)CC1CN1CCC2(CC1)OCC(F)(F)c1cc(Cl)sc12. The highest BCUT2D eigenvalue weighted by molar-refractivity contribution is 7.16. The van der Waals surface area contributed by atoms with Crippen molar-refractivity contribution in [1.82, 2.24) is 9.80 Å². The third-order valence-electron chi connectivity index (χ3n) is 8.08. The topological polar surface area (TPSA) is 31.3 Å². The Balaban J connectivity index is 1.11. The highest BCUT2D eigenvalue weighted by atomic mass is 35.5. The molecule has 0 bridgehead atoms. The fourth-order valence-corrected chi connectivity index (χ4v) is 7.52. The van der Waals surface area contributed by atoms with Gasteiger partial charge in [0.1, 0.15) is 18.0 Å². The molecule has 0 saturated carbocycles. The summed E-state index contributed by atoms with van der Waals surface area (Å²) in [6.45, 7) is 3.35. The lowest BCUT2D eigenvalue weighted by molar-refractivity contribution is -0.181. The van der Waals surface area contributed by atoms with E-state index in [1.807, 2.05) is 6.92 Å². The zero-order valence-electron chi connectivity index (χ0n) is 20.8. The van der Waals surface area contributed by atoms with Crippen LogP contribution in [0, 0.1) is 11.7 Å². The summed E-state index contributed by atoms with van der Waals surface area (Å²) in [7, 11) is 0. The second-order valence-corrected chi connectivity index (χ2v) is 12.5. The van der Waals surface area contributed by atoms with Crippen molar-refractivity contribution < 1.29 is 26.7 Å². The maximum atomic E-state index is 15.0. The Labute approximate surface area is 226 Å². The summed E-state index contributed by atoms with van der Waals surface area (Å²) in [5, 5.41) is 6.29. The Morgan fingerprint density at radius 2 is 1.87 bits per heavy atom. The number of hydrogen-bond acceptors (Lipinski definition) is 6. The molecule has 1 unspecified atom stereocenters. The number of ether oxygens (including phenoxy) is 1. The van der Waals surface area contributed by atoms with E-state index in [1.54, 1.807) is 22.0 Å². The van der Waals surface area contributed by atoms with E-state index in [0.717, 1.165) is 5.71 Å². The van der Waals surface area contributed by atoms with Crippen molar-refractivity contribution >= 4 is 34.3 Å². The van der Waals surface area contributed by atoms with Gasteiger partial charge in [-0.3, -0.25) is 9.91 Å². The number of fused-ring (bicyclic) bond motifs is 2. The summed E-state index contributed by atoms with van der Waals surface area (Å²) in [6, 6.07) is 6.09. The average molecular weight is 575 g/mol. The average Bonchev–Trinajstić information content (AvgIpc) is 3.41. The first-order valence-corrected chi connectivity index (χ1v) is 13.9. The van der Waals surface area contributed by atoms with E-state index in [1.165, 1.54) is 23.5 Å². The lowest BCUT2D eigenvalue weighted by Crippen LogP contribution is -2.55. The van der Waals surface area contributed by atoms with Crippen molar-refractivity contribution in [3.05, 3.63) is 50.4 Å².